The molecular weight excluding hydrogens is 302 g/mol. The Labute approximate surface area is 119 Å². The average molecular weight is 314 g/mol. The number of para-hydroxylation sites is 1. The van der Waals surface area contributed by atoms with E-state index >= 15 is 0 Å². The summed E-state index contributed by atoms with van der Waals surface area (Å²) in [6, 6.07) is 15.9. The van der Waals surface area contributed by atoms with E-state index in [0.717, 1.165) is 26.8 Å². The molecule has 3 nitrogen and oxygen atoms in total. The smallest absolute Gasteiger partial charge is 0.0746 e. The van der Waals surface area contributed by atoms with Crippen LogP contribution in [0.15, 0.2) is 59.2 Å². The molecule has 3 rings (SSSR count). The lowest BCUT2D eigenvalue weighted by atomic mass is 10.1. The van der Waals surface area contributed by atoms with Gasteiger partial charge in [-0.25, -0.2) is 0 Å². The number of nitrogens with two attached hydrogens (primary N) is 1. The van der Waals surface area contributed by atoms with Gasteiger partial charge in [-0.15, -0.1) is 0 Å². The van der Waals surface area contributed by atoms with Crippen LogP contribution in [-0.2, 0) is 0 Å². The molecule has 0 atom stereocenters. The number of nitrogens with one attached hydrogen (secondary N) is 1. The van der Waals surface area contributed by atoms with Gasteiger partial charge in [0, 0.05) is 15.5 Å². The molecule has 0 unspecified atom stereocenters. The maximum Gasteiger partial charge on any atom is 0.0746 e. The normalized spacial score (nSPS) is 10.6. The highest BCUT2D eigenvalue weighted by Crippen LogP contribution is 2.31. The third-order valence-electron chi connectivity index (χ3n) is 2.90. The number of benzene rings is 2. The molecule has 3 aromatic rings. The quantitative estimate of drug-likeness (QED) is 0.740. The van der Waals surface area contributed by atoms with Gasteiger partial charge >= 0.3 is 0 Å². The van der Waals surface area contributed by atoms with Gasteiger partial charge < -0.3 is 11.1 Å². The topological polar surface area (TPSA) is 50.9 Å². The molecule has 2 aromatic carbocycles. The molecule has 0 aliphatic rings. The number of fused-ring (bicyclic) bond motifs is 1. The van der Waals surface area contributed by atoms with Crippen molar-refractivity contribution in [2.75, 3.05) is 11.1 Å². The summed E-state index contributed by atoms with van der Waals surface area (Å²) in [6.07, 6.45) is 1.68. The van der Waals surface area contributed by atoms with E-state index in [2.05, 4.69) is 26.2 Å². The zero-order valence-corrected chi connectivity index (χ0v) is 11.7. The molecule has 94 valence electrons. The average Bonchev–Trinajstić information content (AvgIpc) is 2.42. The first-order valence-corrected chi connectivity index (χ1v) is 6.69. The lowest BCUT2D eigenvalue weighted by Gasteiger charge is -2.12. The molecule has 0 bridgehead atoms. The number of halogens is 1. The summed E-state index contributed by atoms with van der Waals surface area (Å²) in [6.45, 7) is 0. The van der Waals surface area contributed by atoms with E-state index in [0.29, 0.717) is 5.69 Å². The van der Waals surface area contributed by atoms with Crippen molar-refractivity contribution in [2.45, 2.75) is 0 Å². The van der Waals surface area contributed by atoms with Gasteiger partial charge in [0.05, 0.1) is 23.1 Å². The molecule has 0 aliphatic heterocycles. The Morgan fingerprint density at radius 1 is 1.05 bits per heavy atom. The van der Waals surface area contributed by atoms with Crippen LogP contribution in [0.3, 0.4) is 0 Å². The van der Waals surface area contributed by atoms with E-state index in [4.69, 9.17) is 5.73 Å². The SMILES string of the molecule is Nc1cnc2ccccc2c1Nc1cccc(Br)c1. The minimum absolute atomic E-state index is 0.638. The van der Waals surface area contributed by atoms with Crippen LogP contribution in [0.25, 0.3) is 10.9 Å². The fourth-order valence-electron chi connectivity index (χ4n) is 2.01. The molecule has 3 N–H and O–H groups in total. The summed E-state index contributed by atoms with van der Waals surface area (Å²) < 4.78 is 1.02. The van der Waals surface area contributed by atoms with Crippen molar-refractivity contribution in [3.8, 4) is 0 Å². The minimum Gasteiger partial charge on any atom is -0.396 e. The Hall–Kier alpha value is -2.07. The van der Waals surface area contributed by atoms with Crippen molar-refractivity contribution < 1.29 is 0 Å². The Morgan fingerprint density at radius 2 is 1.89 bits per heavy atom. The first-order valence-electron chi connectivity index (χ1n) is 5.90. The molecule has 0 fully saturated rings. The first kappa shape index (κ1) is 12.0. The molecule has 1 heterocycles. The maximum atomic E-state index is 6.04. The fourth-order valence-corrected chi connectivity index (χ4v) is 2.41. The third-order valence-corrected chi connectivity index (χ3v) is 3.39. The molecular formula is C15H12BrN3. The van der Waals surface area contributed by atoms with Crippen molar-refractivity contribution in [1.29, 1.82) is 0 Å². The van der Waals surface area contributed by atoms with Crippen LogP contribution >= 0.6 is 15.9 Å². The molecule has 0 saturated heterocycles. The Kier molecular flexibility index (Phi) is 3.09. The summed E-state index contributed by atoms with van der Waals surface area (Å²) in [5.74, 6) is 0. The second kappa shape index (κ2) is 4.90. The zero-order valence-electron chi connectivity index (χ0n) is 10.1. The molecule has 0 radical (unpaired) electrons. The molecule has 0 saturated carbocycles. The molecule has 0 amide bonds. The van der Waals surface area contributed by atoms with Crippen molar-refractivity contribution in [3.63, 3.8) is 0 Å². The molecule has 19 heavy (non-hydrogen) atoms. The van der Waals surface area contributed by atoms with E-state index < -0.39 is 0 Å². The lowest BCUT2D eigenvalue weighted by Crippen LogP contribution is -1.98. The number of aromatic nitrogens is 1. The van der Waals surface area contributed by atoms with E-state index in [-0.39, 0.29) is 0 Å². The molecule has 0 spiro atoms. The van der Waals surface area contributed by atoms with Crippen LogP contribution in [0, 0.1) is 0 Å². The summed E-state index contributed by atoms with van der Waals surface area (Å²) in [5, 5.41) is 4.38. The molecule has 1 aromatic heterocycles. The largest absolute Gasteiger partial charge is 0.396 e. The summed E-state index contributed by atoms with van der Waals surface area (Å²) in [5.41, 5.74) is 9.47. The number of rotatable bonds is 2. The van der Waals surface area contributed by atoms with Gasteiger partial charge in [0.2, 0.25) is 0 Å². The van der Waals surface area contributed by atoms with Crippen LogP contribution < -0.4 is 11.1 Å². The minimum atomic E-state index is 0.638. The number of anilines is 3. The van der Waals surface area contributed by atoms with Gasteiger partial charge in [-0.3, -0.25) is 4.98 Å². The van der Waals surface area contributed by atoms with E-state index in [1.54, 1.807) is 6.20 Å². The summed E-state index contributed by atoms with van der Waals surface area (Å²) in [7, 11) is 0. The third kappa shape index (κ3) is 2.39. The van der Waals surface area contributed by atoms with Gasteiger partial charge in [0.15, 0.2) is 0 Å². The summed E-state index contributed by atoms with van der Waals surface area (Å²) in [4.78, 5) is 4.33. The van der Waals surface area contributed by atoms with Crippen molar-refractivity contribution in [3.05, 3.63) is 59.2 Å². The van der Waals surface area contributed by atoms with Crippen LogP contribution in [-0.4, -0.2) is 4.98 Å². The van der Waals surface area contributed by atoms with Gasteiger partial charge in [-0.2, -0.15) is 0 Å². The zero-order chi connectivity index (χ0) is 13.2. The van der Waals surface area contributed by atoms with Crippen molar-refractivity contribution in [2.24, 2.45) is 0 Å². The van der Waals surface area contributed by atoms with Crippen LogP contribution in [0.4, 0.5) is 17.1 Å². The predicted octanol–water partition coefficient (Wildman–Crippen LogP) is 4.32. The second-order valence-electron chi connectivity index (χ2n) is 4.24. The van der Waals surface area contributed by atoms with E-state index in [1.807, 2.05) is 48.5 Å². The number of hydrogen-bond donors (Lipinski definition) is 2. The van der Waals surface area contributed by atoms with E-state index in [9.17, 15) is 0 Å². The Morgan fingerprint density at radius 3 is 2.74 bits per heavy atom. The standard InChI is InChI=1S/C15H12BrN3/c16-10-4-3-5-11(8-10)19-15-12-6-1-2-7-14(12)18-9-13(15)17/h1-9H,17H2,(H,18,19). The van der Waals surface area contributed by atoms with Crippen molar-refractivity contribution in [1.82, 2.24) is 4.98 Å². The van der Waals surface area contributed by atoms with Crippen LogP contribution in [0.1, 0.15) is 0 Å². The van der Waals surface area contributed by atoms with Gasteiger partial charge in [0.25, 0.3) is 0 Å². The highest BCUT2D eigenvalue weighted by molar-refractivity contribution is 9.10. The van der Waals surface area contributed by atoms with E-state index in [1.165, 1.54) is 0 Å². The second-order valence-corrected chi connectivity index (χ2v) is 5.16. The lowest BCUT2D eigenvalue weighted by molar-refractivity contribution is 1.40. The fraction of sp³-hybridized carbons (Fsp3) is 0. The number of nitrogens with zero attached hydrogens (tertiary/aromatic N) is 1. The van der Waals surface area contributed by atoms with Crippen molar-refractivity contribution >= 4 is 43.9 Å². The van der Waals surface area contributed by atoms with Gasteiger partial charge in [-0.05, 0) is 24.3 Å². The summed E-state index contributed by atoms with van der Waals surface area (Å²) >= 11 is 3.46. The number of hydrogen-bond acceptors (Lipinski definition) is 3. The Bertz CT molecular complexity index is 740. The van der Waals surface area contributed by atoms with Gasteiger partial charge in [-0.1, -0.05) is 40.2 Å². The Balaban J connectivity index is 2.12. The number of pyridine rings is 1. The highest BCUT2D eigenvalue weighted by Gasteiger charge is 2.06. The monoisotopic (exact) mass is 313 g/mol. The molecule has 0 aliphatic carbocycles. The predicted molar refractivity (Wildman–Crippen MR) is 83.6 cm³/mol. The van der Waals surface area contributed by atoms with Crippen LogP contribution in [0.2, 0.25) is 0 Å². The van der Waals surface area contributed by atoms with Gasteiger partial charge in [0.1, 0.15) is 0 Å². The first-order chi connectivity index (χ1) is 9.24. The highest BCUT2D eigenvalue weighted by atomic mass is 79.9. The maximum absolute atomic E-state index is 6.04. The molecule has 4 heteroatoms. The number of nitrogen functional groups attached to an aromatic ring is 1. The van der Waals surface area contributed by atoms with Crippen LogP contribution in [0.5, 0.6) is 0 Å².